The summed E-state index contributed by atoms with van der Waals surface area (Å²) in [5, 5.41) is 10.8. The van der Waals surface area contributed by atoms with Gasteiger partial charge in [0.05, 0.1) is 5.60 Å². The Labute approximate surface area is 99.2 Å². The Morgan fingerprint density at radius 2 is 2.19 bits per heavy atom. The summed E-state index contributed by atoms with van der Waals surface area (Å²) in [5.74, 6) is -0.132. The van der Waals surface area contributed by atoms with E-state index in [1.807, 2.05) is 0 Å². The standard InChI is InChI=1S/C12H15ClFNO/c13-10-3-4-11(14)8(5-10)6-12(16,7-15)9-1-2-9/h3-5,9,16H,1-2,6-7,15H2. The molecule has 1 aromatic rings. The van der Waals surface area contributed by atoms with Gasteiger partial charge in [0.2, 0.25) is 0 Å². The number of hydrogen-bond acceptors (Lipinski definition) is 2. The largest absolute Gasteiger partial charge is 0.388 e. The van der Waals surface area contributed by atoms with Gasteiger partial charge in [0.1, 0.15) is 5.82 Å². The zero-order valence-corrected chi connectivity index (χ0v) is 9.67. The van der Waals surface area contributed by atoms with Crippen LogP contribution in [0.4, 0.5) is 4.39 Å². The molecule has 1 saturated carbocycles. The first-order chi connectivity index (χ1) is 7.55. The van der Waals surface area contributed by atoms with E-state index in [1.54, 1.807) is 6.07 Å². The van der Waals surface area contributed by atoms with Gasteiger partial charge in [-0.05, 0) is 42.5 Å². The van der Waals surface area contributed by atoms with E-state index in [9.17, 15) is 9.50 Å². The second-order valence-corrected chi connectivity index (χ2v) is 4.93. The van der Waals surface area contributed by atoms with E-state index in [1.165, 1.54) is 12.1 Å². The van der Waals surface area contributed by atoms with E-state index >= 15 is 0 Å². The normalized spacial score (nSPS) is 19.5. The van der Waals surface area contributed by atoms with Crippen LogP contribution in [0.15, 0.2) is 18.2 Å². The maximum absolute atomic E-state index is 13.5. The first-order valence-electron chi connectivity index (χ1n) is 5.41. The second kappa shape index (κ2) is 4.32. The molecule has 1 unspecified atom stereocenters. The highest BCUT2D eigenvalue weighted by Gasteiger charge is 2.43. The van der Waals surface area contributed by atoms with Gasteiger partial charge in [0, 0.05) is 18.0 Å². The zero-order valence-electron chi connectivity index (χ0n) is 8.92. The molecule has 1 atom stereocenters. The molecular weight excluding hydrogens is 229 g/mol. The number of aliphatic hydroxyl groups is 1. The lowest BCUT2D eigenvalue weighted by atomic mass is 9.89. The molecular formula is C12H15ClFNO. The van der Waals surface area contributed by atoms with Crippen molar-refractivity contribution in [2.75, 3.05) is 6.54 Å². The minimum atomic E-state index is -0.981. The molecule has 0 bridgehead atoms. The molecule has 0 amide bonds. The fourth-order valence-electron chi connectivity index (χ4n) is 2.01. The summed E-state index contributed by atoms with van der Waals surface area (Å²) < 4.78 is 13.5. The molecule has 3 N–H and O–H groups in total. The number of halogens is 2. The molecule has 0 spiro atoms. The summed E-state index contributed by atoms with van der Waals surface area (Å²) in [6, 6.07) is 4.38. The fraction of sp³-hybridized carbons (Fsp3) is 0.500. The third-order valence-electron chi connectivity index (χ3n) is 3.20. The van der Waals surface area contributed by atoms with Gasteiger partial charge in [-0.3, -0.25) is 0 Å². The van der Waals surface area contributed by atoms with Gasteiger partial charge in [-0.1, -0.05) is 11.6 Å². The van der Waals surface area contributed by atoms with Crippen molar-refractivity contribution in [1.82, 2.24) is 0 Å². The van der Waals surface area contributed by atoms with Crippen LogP contribution in [0, 0.1) is 11.7 Å². The van der Waals surface area contributed by atoms with Crippen molar-refractivity contribution in [3.05, 3.63) is 34.6 Å². The summed E-state index contributed by atoms with van der Waals surface area (Å²) in [6.45, 7) is 0.156. The summed E-state index contributed by atoms with van der Waals surface area (Å²) >= 11 is 5.80. The molecule has 2 rings (SSSR count). The van der Waals surface area contributed by atoms with Gasteiger partial charge in [0.15, 0.2) is 0 Å². The molecule has 0 saturated heterocycles. The highest BCUT2D eigenvalue weighted by Crippen LogP contribution is 2.41. The minimum absolute atomic E-state index is 0.156. The Balaban J connectivity index is 2.21. The number of rotatable bonds is 4. The maximum atomic E-state index is 13.5. The molecule has 16 heavy (non-hydrogen) atoms. The van der Waals surface area contributed by atoms with Crippen molar-refractivity contribution < 1.29 is 9.50 Å². The average molecular weight is 244 g/mol. The summed E-state index contributed by atoms with van der Waals surface area (Å²) in [6.07, 6.45) is 2.17. The van der Waals surface area contributed by atoms with E-state index in [-0.39, 0.29) is 24.7 Å². The van der Waals surface area contributed by atoms with Crippen molar-refractivity contribution in [3.8, 4) is 0 Å². The molecule has 0 aromatic heterocycles. The van der Waals surface area contributed by atoms with Crippen molar-refractivity contribution >= 4 is 11.6 Å². The quantitative estimate of drug-likeness (QED) is 0.851. The van der Waals surface area contributed by atoms with Crippen LogP contribution in [-0.2, 0) is 6.42 Å². The van der Waals surface area contributed by atoms with Crippen LogP contribution >= 0.6 is 11.6 Å². The van der Waals surface area contributed by atoms with E-state index in [4.69, 9.17) is 17.3 Å². The Morgan fingerprint density at radius 1 is 1.50 bits per heavy atom. The number of benzene rings is 1. The van der Waals surface area contributed by atoms with E-state index in [0.717, 1.165) is 12.8 Å². The first-order valence-corrected chi connectivity index (χ1v) is 5.79. The van der Waals surface area contributed by atoms with Crippen molar-refractivity contribution in [2.45, 2.75) is 24.9 Å². The van der Waals surface area contributed by atoms with Gasteiger partial charge in [-0.2, -0.15) is 0 Å². The molecule has 88 valence electrons. The van der Waals surface area contributed by atoms with Gasteiger partial charge in [0.25, 0.3) is 0 Å². The van der Waals surface area contributed by atoms with Crippen molar-refractivity contribution in [2.24, 2.45) is 11.7 Å². The van der Waals surface area contributed by atoms with E-state index in [2.05, 4.69) is 0 Å². The highest BCUT2D eigenvalue weighted by atomic mass is 35.5. The predicted octanol–water partition coefficient (Wildman–Crippen LogP) is 2.12. The van der Waals surface area contributed by atoms with E-state index < -0.39 is 5.60 Å². The molecule has 1 fully saturated rings. The lowest BCUT2D eigenvalue weighted by Crippen LogP contribution is -2.42. The first kappa shape index (κ1) is 11.8. The van der Waals surface area contributed by atoms with Gasteiger partial charge in [-0.25, -0.2) is 4.39 Å². The number of nitrogens with two attached hydrogens (primary N) is 1. The Hall–Kier alpha value is -0.640. The Morgan fingerprint density at radius 3 is 2.75 bits per heavy atom. The van der Waals surface area contributed by atoms with Gasteiger partial charge >= 0.3 is 0 Å². The SMILES string of the molecule is NCC(O)(Cc1cc(Cl)ccc1F)C1CC1. The molecule has 4 heteroatoms. The zero-order chi connectivity index (χ0) is 11.8. The lowest BCUT2D eigenvalue weighted by molar-refractivity contribution is 0.0259. The fourth-order valence-corrected chi connectivity index (χ4v) is 2.21. The average Bonchev–Trinajstić information content (AvgIpc) is 3.07. The van der Waals surface area contributed by atoms with Crippen molar-refractivity contribution in [1.29, 1.82) is 0 Å². The van der Waals surface area contributed by atoms with Gasteiger partial charge in [-0.15, -0.1) is 0 Å². The van der Waals surface area contributed by atoms with Crippen LogP contribution in [0.5, 0.6) is 0 Å². The minimum Gasteiger partial charge on any atom is -0.388 e. The predicted molar refractivity (Wildman–Crippen MR) is 61.8 cm³/mol. The molecule has 1 aliphatic rings. The maximum Gasteiger partial charge on any atom is 0.126 e. The van der Waals surface area contributed by atoms with Crippen LogP contribution in [0.25, 0.3) is 0 Å². The second-order valence-electron chi connectivity index (χ2n) is 4.49. The molecule has 0 aliphatic heterocycles. The topological polar surface area (TPSA) is 46.2 Å². The van der Waals surface area contributed by atoms with E-state index in [0.29, 0.717) is 10.6 Å². The van der Waals surface area contributed by atoms with Crippen LogP contribution in [0.1, 0.15) is 18.4 Å². The molecule has 2 nitrogen and oxygen atoms in total. The van der Waals surface area contributed by atoms with Crippen LogP contribution in [-0.4, -0.2) is 17.3 Å². The smallest absolute Gasteiger partial charge is 0.126 e. The van der Waals surface area contributed by atoms with Crippen LogP contribution < -0.4 is 5.73 Å². The molecule has 0 heterocycles. The lowest BCUT2D eigenvalue weighted by Gasteiger charge is -2.26. The monoisotopic (exact) mass is 243 g/mol. The third kappa shape index (κ3) is 2.37. The third-order valence-corrected chi connectivity index (χ3v) is 3.43. The molecule has 1 aromatic carbocycles. The summed E-state index contributed by atoms with van der Waals surface area (Å²) in [5.41, 5.74) is 5.04. The van der Waals surface area contributed by atoms with Crippen molar-refractivity contribution in [3.63, 3.8) is 0 Å². The summed E-state index contributed by atoms with van der Waals surface area (Å²) in [4.78, 5) is 0. The molecule has 0 radical (unpaired) electrons. The van der Waals surface area contributed by atoms with Gasteiger partial charge < -0.3 is 10.8 Å². The highest BCUT2D eigenvalue weighted by molar-refractivity contribution is 6.30. The van der Waals surface area contributed by atoms with Crippen LogP contribution in [0.2, 0.25) is 5.02 Å². The number of hydrogen-bond donors (Lipinski definition) is 2. The Kier molecular flexibility index (Phi) is 3.19. The molecule has 1 aliphatic carbocycles. The van der Waals surface area contributed by atoms with Crippen LogP contribution in [0.3, 0.4) is 0 Å². The Bertz CT molecular complexity index is 395. The summed E-state index contributed by atoms with van der Waals surface area (Å²) in [7, 11) is 0.